The SMILES string of the molecule is NC(=O)c1cc(-c2ccnc(C=Cc3ccncc3)c2)[nH]c1N1CCNCC1. The molecule has 0 bridgehead atoms. The first-order chi connectivity index (χ1) is 13.7. The molecule has 7 nitrogen and oxygen atoms in total. The van der Waals surface area contributed by atoms with Gasteiger partial charge in [-0.05, 0) is 42.0 Å². The van der Waals surface area contributed by atoms with Gasteiger partial charge in [0.25, 0.3) is 5.91 Å². The number of aromatic amines is 1. The molecule has 7 heteroatoms. The zero-order valence-corrected chi connectivity index (χ0v) is 15.4. The van der Waals surface area contributed by atoms with Gasteiger partial charge in [0, 0.05) is 56.0 Å². The van der Waals surface area contributed by atoms with Crippen LogP contribution in [0.25, 0.3) is 23.4 Å². The molecular formula is C21H22N6O. The summed E-state index contributed by atoms with van der Waals surface area (Å²) in [7, 11) is 0. The van der Waals surface area contributed by atoms with Crippen molar-refractivity contribution in [3.05, 3.63) is 65.7 Å². The molecular weight excluding hydrogens is 352 g/mol. The highest BCUT2D eigenvalue weighted by Gasteiger charge is 2.20. The average Bonchev–Trinajstić information content (AvgIpc) is 3.20. The first-order valence-electron chi connectivity index (χ1n) is 9.24. The minimum absolute atomic E-state index is 0.428. The number of amides is 1. The number of nitrogens with zero attached hydrogens (tertiary/aromatic N) is 3. The Balaban J connectivity index is 1.64. The van der Waals surface area contributed by atoms with Crippen molar-refractivity contribution in [3.63, 3.8) is 0 Å². The molecule has 4 heterocycles. The number of pyridine rings is 2. The third-order valence-corrected chi connectivity index (χ3v) is 4.74. The predicted octanol–water partition coefficient (Wildman–Crippen LogP) is 2.15. The molecule has 0 unspecified atom stereocenters. The summed E-state index contributed by atoms with van der Waals surface area (Å²) in [6.45, 7) is 3.42. The lowest BCUT2D eigenvalue weighted by Crippen LogP contribution is -2.44. The number of carbonyl (C=O) groups excluding carboxylic acids is 1. The maximum Gasteiger partial charge on any atom is 0.252 e. The second-order valence-corrected chi connectivity index (χ2v) is 6.63. The molecule has 1 amide bonds. The molecule has 4 N–H and O–H groups in total. The Morgan fingerprint density at radius 3 is 2.61 bits per heavy atom. The molecule has 142 valence electrons. The molecule has 0 saturated carbocycles. The van der Waals surface area contributed by atoms with E-state index in [4.69, 9.17) is 5.73 Å². The van der Waals surface area contributed by atoms with Crippen molar-refractivity contribution in [3.8, 4) is 11.3 Å². The predicted molar refractivity (Wildman–Crippen MR) is 111 cm³/mol. The lowest BCUT2D eigenvalue weighted by molar-refractivity contribution is 0.100. The first kappa shape index (κ1) is 17.9. The number of rotatable bonds is 5. The summed E-state index contributed by atoms with van der Waals surface area (Å²) in [6.07, 6.45) is 9.21. The summed E-state index contributed by atoms with van der Waals surface area (Å²) in [4.78, 5) is 25.9. The highest BCUT2D eigenvalue weighted by molar-refractivity contribution is 5.99. The van der Waals surface area contributed by atoms with Crippen molar-refractivity contribution in [2.24, 2.45) is 5.73 Å². The average molecular weight is 374 g/mol. The van der Waals surface area contributed by atoms with Crippen molar-refractivity contribution in [1.82, 2.24) is 20.3 Å². The van der Waals surface area contributed by atoms with E-state index >= 15 is 0 Å². The number of piperazine rings is 1. The van der Waals surface area contributed by atoms with Crippen LogP contribution in [0.15, 0.2) is 48.9 Å². The van der Waals surface area contributed by atoms with E-state index in [1.807, 2.05) is 42.5 Å². The highest BCUT2D eigenvalue weighted by Crippen LogP contribution is 2.28. The van der Waals surface area contributed by atoms with Crippen molar-refractivity contribution in [2.75, 3.05) is 31.1 Å². The Bertz CT molecular complexity index is 989. The Morgan fingerprint density at radius 1 is 1.07 bits per heavy atom. The maximum absolute atomic E-state index is 12.0. The monoisotopic (exact) mass is 374 g/mol. The lowest BCUT2D eigenvalue weighted by atomic mass is 10.1. The Kier molecular flexibility index (Phi) is 5.16. The van der Waals surface area contributed by atoms with Gasteiger partial charge in [0.15, 0.2) is 0 Å². The lowest BCUT2D eigenvalue weighted by Gasteiger charge is -2.28. The summed E-state index contributed by atoms with van der Waals surface area (Å²) in [5.74, 6) is 0.359. The van der Waals surface area contributed by atoms with Crippen LogP contribution in [0.2, 0.25) is 0 Å². The molecule has 4 rings (SSSR count). The zero-order valence-electron chi connectivity index (χ0n) is 15.4. The standard InChI is InChI=1S/C21H22N6O/c22-20(28)18-14-19(26-21(18)27-11-9-24-10-12-27)16-5-8-25-17(13-16)2-1-15-3-6-23-7-4-15/h1-8,13-14,24,26H,9-12H2,(H2,22,28). The fraction of sp³-hybridized carbons (Fsp3) is 0.190. The van der Waals surface area contributed by atoms with Crippen LogP contribution in [0.5, 0.6) is 0 Å². The minimum atomic E-state index is -0.428. The van der Waals surface area contributed by atoms with E-state index in [1.54, 1.807) is 18.6 Å². The van der Waals surface area contributed by atoms with Crippen LogP contribution >= 0.6 is 0 Å². The molecule has 0 aromatic carbocycles. The van der Waals surface area contributed by atoms with Gasteiger partial charge in [-0.1, -0.05) is 6.08 Å². The molecule has 0 aliphatic carbocycles. The van der Waals surface area contributed by atoms with Crippen molar-refractivity contribution in [2.45, 2.75) is 0 Å². The van der Waals surface area contributed by atoms with E-state index < -0.39 is 5.91 Å². The van der Waals surface area contributed by atoms with Crippen LogP contribution in [0.3, 0.4) is 0 Å². The number of hydrogen-bond acceptors (Lipinski definition) is 5. The summed E-state index contributed by atoms with van der Waals surface area (Å²) in [5, 5.41) is 3.32. The van der Waals surface area contributed by atoms with Gasteiger partial charge in [-0.3, -0.25) is 14.8 Å². The van der Waals surface area contributed by atoms with Crippen LogP contribution in [-0.4, -0.2) is 47.0 Å². The molecule has 1 fully saturated rings. The van der Waals surface area contributed by atoms with Crippen molar-refractivity contribution >= 4 is 23.9 Å². The van der Waals surface area contributed by atoms with E-state index in [-0.39, 0.29) is 0 Å². The second kappa shape index (κ2) is 8.06. The van der Waals surface area contributed by atoms with Gasteiger partial charge in [0.1, 0.15) is 5.82 Å². The number of primary amides is 1. The quantitative estimate of drug-likeness (QED) is 0.635. The molecule has 1 aliphatic heterocycles. The molecule has 0 radical (unpaired) electrons. The maximum atomic E-state index is 12.0. The smallest absolute Gasteiger partial charge is 0.252 e. The molecule has 28 heavy (non-hydrogen) atoms. The molecule has 3 aromatic rings. The first-order valence-corrected chi connectivity index (χ1v) is 9.24. The zero-order chi connectivity index (χ0) is 19.3. The van der Waals surface area contributed by atoms with Gasteiger partial charge in [0.05, 0.1) is 11.3 Å². The number of nitrogens with one attached hydrogen (secondary N) is 2. The van der Waals surface area contributed by atoms with Crippen LogP contribution in [0, 0.1) is 0 Å². The summed E-state index contributed by atoms with van der Waals surface area (Å²) in [5.41, 5.74) is 9.83. The van der Waals surface area contributed by atoms with Crippen LogP contribution in [0.4, 0.5) is 5.82 Å². The van der Waals surface area contributed by atoms with E-state index in [9.17, 15) is 4.79 Å². The highest BCUT2D eigenvalue weighted by atomic mass is 16.1. The fourth-order valence-corrected chi connectivity index (χ4v) is 3.29. The van der Waals surface area contributed by atoms with E-state index in [0.29, 0.717) is 5.56 Å². The fourth-order valence-electron chi connectivity index (χ4n) is 3.29. The molecule has 0 atom stereocenters. The van der Waals surface area contributed by atoms with Gasteiger partial charge in [0.2, 0.25) is 0 Å². The Morgan fingerprint density at radius 2 is 1.86 bits per heavy atom. The number of hydrogen-bond donors (Lipinski definition) is 3. The number of aromatic nitrogens is 3. The second-order valence-electron chi connectivity index (χ2n) is 6.63. The Labute approximate surface area is 163 Å². The number of anilines is 1. The number of carbonyl (C=O) groups is 1. The molecule has 3 aromatic heterocycles. The Hall–Kier alpha value is -3.45. The third-order valence-electron chi connectivity index (χ3n) is 4.74. The van der Waals surface area contributed by atoms with Crippen molar-refractivity contribution < 1.29 is 4.79 Å². The van der Waals surface area contributed by atoms with Crippen LogP contribution in [0.1, 0.15) is 21.6 Å². The summed E-state index contributed by atoms with van der Waals surface area (Å²) < 4.78 is 0. The van der Waals surface area contributed by atoms with Gasteiger partial charge < -0.3 is 20.9 Å². The third kappa shape index (κ3) is 3.94. The largest absolute Gasteiger partial charge is 0.365 e. The van der Waals surface area contributed by atoms with Gasteiger partial charge >= 0.3 is 0 Å². The van der Waals surface area contributed by atoms with Crippen molar-refractivity contribution in [1.29, 1.82) is 0 Å². The molecule has 1 saturated heterocycles. The molecule has 1 aliphatic rings. The topological polar surface area (TPSA) is 99.9 Å². The number of H-pyrrole nitrogens is 1. The van der Waals surface area contributed by atoms with E-state index in [1.165, 1.54) is 0 Å². The van der Waals surface area contributed by atoms with Gasteiger partial charge in [-0.25, -0.2) is 0 Å². The normalized spacial score (nSPS) is 14.5. The summed E-state index contributed by atoms with van der Waals surface area (Å²) in [6, 6.07) is 9.59. The number of nitrogens with two attached hydrogens (primary N) is 1. The van der Waals surface area contributed by atoms with Gasteiger partial charge in [-0.15, -0.1) is 0 Å². The molecule has 0 spiro atoms. The minimum Gasteiger partial charge on any atom is -0.365 e. The summed E-state index contributed by atoms with van der Waals surface area (Å²) >= 11 is 0. The van der Waals surface area contributed by atoms with E-state index in [2.05, 4.69) is 25.2 Å². The van der Waals surface area contributed by atoms with Gasteiger partial charge in [-0.2, -0.15) is 0 Å². The van der Waals surface area contributed by atoms with Crippen LogP contribution in [-0.2, 0) is 0 Å². The van der Waals surface area contributed by atoms with E-state index in [0.717, 1.165) is 54.5 Å². The van der Waals surface area contributed by atoms with Crippen LogP contribution < -0.4 is 16.0 Å².